The number of nitrogens with one attached hydrogen (secondary N) is 2. The van der Waals surface area contributed by atoms with Gasteiger partial charge in [-0.25, -0.2) is 14.4 Å². The van der Waals surface area contributed by atoms with Crippen LogP contribution < -0.4 is 15.8 Å². The van der Waals surface area contributed by atoms with Gasteiger partial charge in [0.1, 0.15) is 11.9 Å². The van der Waals surface area contributed by atoms with E-state index in [-0.39, 0.29) is 11.6 Å². The number of fused-ring (bicyclic) bond motifs is 5. The molecule has 0 radical (unpaired) electrons. The Morgan fingerprint density at radius 3 is 2.85 bits per heavy atom. The molecule has 0 amide bonds. The van der Waals surface area contributed by atoms with E-state index >= 15 is 0 Å². The van der Waals surface area contributed by atoms with E-state index in [0.717, 1.165) is 44.5 Å². The molecule has 1 aromatic carbocycles. The van der Waals surface area contributed by atoms with E-state index in [1.165, 1.54) is 25.0 Å². The number of thiazole rings is 1. The molecule has 2 aromatic heterocycles. The molecule has 1 unspecified atom stereocenters. The zero-order valence-corrected chi connectivity index (χ0v) is 20.4. The van der Waals surface area contributed by atoms with Crippen molar-refractivity contribution in [1.82, 2.24) is 15.3 Å². The molecule has 3 aromatic rings. The van der Waals surface area contributed by atoms with Crippen molar-refractivity contribution in [3.05, 3.63) is 62.9 Å². The van der Waals surface area contributed by atoms with Gasteiger partial charge in [0.05, 0.1) is 10.7 Å². The maximum absolute atomic E-state index is 14.3. The van der Waals surface area contributed by atoms with Crippen molar-refractivity contribution in [3.63, 3.8) is 0 Å². The minimum Gasteiger partial charge on any atom is -0.482 e. The SMILES string of the molecule is CC(=N)/C1=C(\NCC2CC2)c2cnc(N)c(c2)OC(C)c2cc(F)ccc2-c2nc(C)sc2C1. The number of hydrogen-bond acceptors (Lipinski definition) is 7. The molecule has 34 heavy (non-hydrogen) atoms. The van der Waals surface area contributed by atoms with Crippen molar-refractivity contribution in [1.29, 1.82) is 5.41 Å². The van der Waals surface area contributed by atoms with Crippen LogP contribution in [0, 0.1) is 24.1 Å². The molecule has 0 spiro atoms. The average Bonchev–Trinajstić information content (AvgIpc) is 3.55. The molecule has 1 aliphatic heterocycles. The van der Waals surface area contributed by atoms with Crippen molar-refractivity contribution < 1.29 is 9.13 Å². The molecule has 0 saturated heterocycles. The number of aryl methyl sites for hydroxylation is 1. The molecule has 1 atom stereocenters. The summed E-state index contributed by atoms with van der Waals surface area (Å²) in [5, 5.41) is 13.2. The van der Waals surface area contributed by atoms with Crippen LogP contribution in [-0.4, -0.2) is 22.2 Å². The second-order valence-electron chi connectivity index (χ2n) is 9.08. The molecule has 176 valence electrons. The summed E-state index contributed by atoms with van der Waals surface area (Å²) in [4.78, 5) is 10.3. The number of nitrogens with two attached hydrogens (primary N) is 1. The van der Waals surface area contributed by atoms with Crippen molar-refractivity contribution in [3.8, 4) is 17.0 Å². The maximum Gasteiger partial charge on any atom is 0.166 e. The van der Waals surface area contributed by atoms with Gasteiger partial charge in [-0.2, -0.15) is 0 Å². The van der Waals surface area contributed by atoms with Gasteiger partial charge in [-0.05, 0) is 63.8 Å². The van der Waals surface area contributed by atoms with Crippen LogP contribution in [0.25, 0.3) is 17.0 Å². The normalized spacial score (nSPS) is 19.8. The van der Waals surface area contributed by atoms with Crippen LogP contribution >= 0.6 is 11.3 Å². The second-order valence-corrected chi connectivity index (χ2v) is 10.4. The number of nitrogen functional groups attached to an aromatic ring is 1. The van der Waals surface area contributed by atoms with E-state index in [9.17, 15) is 4.39 Å². The lowest BCUT2D eigenvalue weighted by Crippen LogP contribution is -2.21. The number of aromatic nitrogens is 2. The Morgan fingerprint density at radius 2 is 2.12 bits per heavy atom. The number of rotatable bonds is 4. The third-order valence-electron chi connectivity index (χ3n) is 6.34. The fourth-order valence-electron chi connectivity index (χ4n) is 4.35. The number of halogens is 1. The number of anilines is 1. The van der Waals surface area contributed by atoms with Crippen LogP contribution in [0.1, 0.15) is 53.8 Å². The second kappa shape index (κ2) is 8.83. The number of allylic oxidation sites excluding steroid dienone is 1. The highest BCUT2D eigenvalue weighted by molar-refractivity contribution is 7.12. The highest BCUT2D eigenvalue weighted by Crippen LogP contribution is 2.39. The average molecular weight is 478 g/mol. The summed E-state index contributed by atoms with van der Waals surface area (Å²) in [6.07, 6.45) is 4.22. The lowest BCUT2D eigenvalue weighted by atomic mass is 9.95. The van der Waals surface area contributed by atoms with Gasteiger partial charge in [-0.15, -0.1) is 11.3 Å². The molecule has 1 aliphatic carbocycles. The smallest absolute Gasteiger partial charge is 0.166 e. The van der Waals surface area contributed by atoms with E-state index in [2.05, 4.69) is 10.3 Å². The Balaban J connectivity index is 1.76. The van der Waals surface area contributed by atoms with E-state index in [0.29, 0.717) is 29.4 Å². The van der Waals surface area contributed by atoms with Crippen molar-refractivity contribution >= 4 is 28.6 Å². The van der Waals surface area contributed by atoms with E-state index < -0.39 is 6.10 Å². The van der Waals surface area contributed by atoms with Gasteiger partial charge in [0.2, 0.25) is 0 Å². The van der Waals surface area contributed by atoms with Gasteiger partial charge in [0, 0.05) is 57.7 Å². The topological polar surface area (TPSA) is 96.9 Å². The fourth-order valence-corrected chi connectivity index (χ4v) is 5.31. The predicted molar refractivity (Wildman–Crippen MR) is 135 cm³/mol. The van der Waals surface area contributed by atoms with Crippen molar-refractivity contribution in [2.45, 2.75) is 46.1 Å². The largest absolute Gasteiger partial charge is 0.482 e. The van der Waals surface area contributed by atoms with Crippen LogP contribution in [0.2, 0.25) is 0 Å². The summed E-state index contributed by atoms with van der Waals surface area (Å²) < 4.78 is 20.6. The third-order valence-corrected chi connectivity index (χ3v) is 7.31. The van der Waals surface area contributed by atoms with Crippen LogP contribution in [0.4, 0.5) is 10.2 Å². The van der Waals surface area contributed by atoms with E-state index in [4.69, 9.17) is 20.9 Å². The van der Waals surface area contributed by atoms with Gasteiger partial charge in [0.15, 0.2) is 11.6 Å². The number of hydrogen-bond donors (Lipinski definition) is 3. The highest BCUT2D eigenvalue weighted by Gasteiger charge is 2.26. The van der Waals surface area contributed by atoms with Crippen LogP contribution in [0.15, 0.2) is 36.0 Å². The third kappa shape index (κ3) is 4.42. The summed E-state index contributed by atoms with van der Waals surface area (Å²) in [6.45, 7) is 6.50. The molecule has 3 heterocycles. The quantitative estimate of drug-likeness (QED) is 0.420. The van der Waals surface area contributed by atoms with Gasteiger partial charge >= 0.3 is 0 Å². The Hall–Kier alpha value is -3.26. The molecule has 2 aliphatic rings. The monoisotopic (exact) mass is 477 g/mol. The lowest BCUT2D eigenvalue weighted by Gasteiger charge is -2.23. The first-order valence-corrected chi connectivity index (χ1v) is 12.3. The first-order chi connectivity index (χ1) is 16.3. The fraction of sp³-hybridized carbons (Fsp3) is 0.346. The van der Waals surface area contributed by atoms with Gasteiger partial charge < -0.3 is 21.2 Å². The minimum absolute atomic E-state index is 0.269. The molecular weight excluding hydrogens is 449 g/mol. The van der Waals surface area contributed by atoms with Gasteiger partial charge in [-0.1, -0.05) is 0 Å². The molecular formula is C26H28FN5OS. The number of pyridine rings is 1. The van der Waals surface area contributed by atoms with Crippen LogP contribution in [0.5, 0.6) is 5.75 Å². The zero-order chi connectivity index (χ0) is 24.0. The van der Waals surface area contributed by atoms with Crippen LogP contribution in [0.3, 0.4) is 0 Å². The van der Waals surface area contributed by atoms with Crippen LogP contribution in [-0.2, 0) is 6.42 Å². The van der Waals surface area contributed by atoms with Gasteiger partial charge in [-0.3, -0.25) is 0 Å². The molecule has 2 bridgehead atoms. The maximum atomic E-state index is 14.3. The van der Waals surface area contributed by atoms with Crippen molar-refractivity contribution in [2.75, 3.05) is 12.3 Å². The number of nitrogens with zero attached hydrogens (tertiary/aromatic N) is 2. The first-order valence-electron chi connectivity index (χ1n) is 11.5. The molecule has 1 fully saturated rings. The summed E-state index contributed by atoms with van der Waals surface area (Å²) in [5.41, 5.74) is 11.6. The lowest BCUT2D eigenvalue weighted by molar-refractivity contribution is 0.227. The van der Waals surface area contributed by atoms with Gasteiger partial charge in [0.25, 0.3) is 0 Å². The zero-order valence-electron chi connectivity index (χ0n) is 19.5. The Labute approximate surface area is 202 Å². The highest BCUT2D eigenvalue weighted by atomic mass is 32.1. The number of ether oxygens (including phenoxy) is 1. The summed E-state index contributed by atoms with van der Waals surface area (Å²) in [7, 11) is 0. The van der Waals surface area contributed by atoms with E-state index in [1.54, 1.807) is 30.5 Å². The summed E-state index contributed by atoms with van der Waals surface area (Å²) in [5.74, 6) is 1.02. The predicted octanol–water partition coefficient (Wildman–Crippen LogP) is 5.68. The molecule has 8 heteroatoms. The summed E-state index contributed by atoms with van der Waals surface area (Å²) in [6, 6.07) is 6.59. The van der Waals surface area contributed by atoms with Crippen molar-refractivity contribution in [2.24, 2.45) is 5.92 Å². The Morgan fingerprint density at radius 1 is 1.32 bits per heavy atom. The molecule has 4 N–H and O–H groups in total. The first kappa shape index (κ1) is 22.5. The molecule has 6 nitrogen and oxygen atoms in total. The molecule has 1 saturated carbocycles. The minimum atomic E-state index is -0.477. The Bertz CT molecular complexity index is 1310. The Kier molecular flexibility index (Phi) is 5.85. The molecule has 5 rings (SSSR count). The summed E-state index contributed by atoms with van der Waals surface area (Å²) >= 11 is 1.61. The number of benzene rings is 1. The standard InChI is InChI=1S/C26H28FN5OS/c1-13(28)20-10-23-25(32-15(3)34-23)19-7-6-18(27)9-21(19)14(2)33-22-8-17(12-31-26(22)29)24(20)30-11-16-4-5-16/h6-9,12,14,16,28,30H,4-5,10-11H2,1-3H3,(H2,29,31)/b24-20-,28-13?. The van der Waals surface area contributed by atoms with E-state index in [1.807, 2.05) is 19.9 Å².